The first-order valence-corrected chi connectivity index (χ1v) is 9.73. The Hall–Kier alpha value is -1.87. The van der Waals surface area contributed by atoms with Crippen LogP contribution in [-0.2, 0) is 16.2 Å². The Labute approximate surface area is 157 Å². The summed E-state index contributed by atoms with van der Waals surface area (Å²) in [6, 6.07) is 8.76. The number of benzene rings is 2. The lowest BCUT2D eigenvalue weighted by Gasteiger charge is -2.12. The molecule has 2 aromatic rings. The van der Waals surface area contributed by atoms with Gasteiger partial charge in [-0.2, -0.15) is 13.2 Å². The SMILES string of the molecule is CC(C)c1cccc(S(=O)(=O)NC(=O)c2ccc(Br)c(C(F)(F)F)c2)c1. The van der Waals surface area contributed by atoms with Crippen LogP contribution in [0.1, 0.15) is 41.3 Å². The Morgan fingerprint density at radius 3 is 2.35 bits per heavy atom. The van der Waals surface area contributed by atoms with E-state index in [4.69, 9.17) is 0 Å². The molecule has 1 N–H and O–H groups in total. The number of halogens is 4. The van der Waals surface area contributed by atoms with Gasteiger partial charge in [0.1, 0.15) is 0 Å². The van der Waals surface area contributed by atoms with Crippen LogP contribution in [0.4, 0.5) is 13.2 Å². The molecule has 0 spiro atoms. The minimum atomic E-state index is -4.68. The van der Waals surface area contributed by atoms with Gasteiger partial charge in [-0.25, -0.2) is 13.1 Å². The molecule has 0 aromatic heterocycles. The second-order valence-corrected chi connectivity index (χ2v) is 8.39. The number of alkyl halides is 3. The van der Waals surface area contributed by atoms with E-state index in [1.165, 1.54) is 18.2 Å². The highest BCUT2D eigenvalue weighted by Gasteiger charge is 2.34. The largest absolute Gasteiger partial charge is 0.417 e. The fourth-order valence-electron chi connectivity index (χ4n) is 2.16. The first-order valence-electron chi connectivity index (χ1n) is 7.45. The van der Waals surface area contributed by atoms with Crippen LogP contribution in [0.5, 0.6) is 0 Å². The number of carbonyl (C=O) groups is 1. The number of amides is 1. The molecular weight excluding hydrogens is 435 g/mol. The summed E-state index contributed by atoms with van der Waals surface area (Å²) in [4.78, 5) is 12.0. The third-order valence-corrected chi connectivity index (χ3v) is 5.62. The molecule has 0 fully saturated rings. The third-order valence-electron chi connectivity index (χ3n) is 3.60. The molecule has 0 heterocycles. The first-order chi connectivity index (χ1) is 11.9. The van der Waals surface area contributed by atoms with Crippen molar-refractivity contribution >= 4 is 31.9 Å². The number of sulfonamides is 1. The molecule has 0 unspecified atom stereocenters. The van der Waals surface area contributed by atoms with Gasteiger partial charge in [0.05, 0.1) is 10.5 Å². The predicted octanol–water partition coefficient (Wildman–Crippen LogP) is 4.71. The zero-order valence-corrected chi connectivity index (χ0v) is 16.2. The molecule has 0 bridgehead atoms. The fraction of sp³-hybridized carbons (Fsp3) is 0.235. The van der Waals surface area contributed by atoms with Gasteiger partial charge in [-0.15, -0.1) is 0 Å². The van der Waals surface area contributed by atoms with Crippen molar-refractivity contribution in [1.82, 2.24) is 4.72 Å². The maximum atomic E-state index is 12.9. The van der Waals surface area contributed by atoms with Gasteiger partial charge in [-0.3, -0.25) is 4.79 Å². The minimum Gasteiger partial charge on any atom is -0.268 e. The average Bonchev–Trinajstić information content (AvgIpc) is 2.53. The number of rotatable bonds is 4. The van der Waals surface area contributed by atoms with Crippen LogP contribution >= 0.6 is 15.9 Å². The van der Waals surface area contributed by atoms with E-state index in [2.05, 4.69) is 15.9 Å². The molecule has 0 aliphatic heterocycles. The second kappa shape index (κ2) is 7.40. The molecule has 2 rings (SSSR count). The topological polar surface area (TPSA) is 63.2 Å². The van der Waals surface area contributed by atoms with E-state index < -0.39 is 33.2 Å². The lowest BCUT2D eigenvalue weighted by molar-refractivity contribution is -0.138. The van der Waals surface area contributed by atoms with Gasteiger partial charge in [-0.1, -0.05) is 41.9 Å². The summed E-state index contributed by atoms with van der Waals surface area (Å²) in [5, 5.41) is 0. The maximum absolute atomic E-state index is 12.9. The number of carbonyl (C=O) groups excluding carboxylic acids is 1. The molecule has 0 aliphatic rings. The van der Waals surface area contributed by atoms with Crippen molar-refractivity contribution in [3.63, 3.8) is 0 Å². The van der Waals surface area contributed by atoms with Crippen molar-refractivity contribution in [3.05, 3.63) is 63.6 Å². The molecule has 0 atom stereocenters. The monoisotopic (exact) mass is 449 g/mol. The van der Waals surface area contributed by atoms with Gasteiger partial charge in [0, 0.05) is 10.0 Å². The van der Waals surface area contributed by atoms with Crippen molar-refractivity contribution < 1.29 is 26.4 Å². The Kier molecular flexibility index (Phi) is 5.82. The lowest BCUT2D eigenvalue weighted by Crippen LogP contribution is -2.31. The average molecular weight is 450 g/mol. The van der Waals surface area contributed by atoms with Crippen molar-refractivity contribution in [1.29, 1.82) is 0 Å². The molecule has 140 valence electrons. The third kappa shape index (κ3) is 4.64. The second-order valence-electron chi connectivity index (χ2n) is 5.85. The molecule has 26 heavy (non-hydrogen) atoms. The fourth-order valence-corrected chi connectivity index (χ4v) is 3.66. The van der Waals surface area contributed by atoms with E-state index in [-0.39, 0.29) is 15.3 Å². The normalized spacial score (nSPS) is 12.3. The molecule has 0 saturated carbocycles. The summed E-state index contributed by atoms with van der Waals surface area (Å²) in [6.45, 7) is 3.76. The molecule has 4 nitrogen and oxygen atoms in total. The summed E-state index contributed by atoms with van der Waals surface area (Å²) >= 11 is 2.76. The first kappa shape index (κ1) is 20.4. The summed E-state index contributed by atoms with van der Waals surface area (Å²) in [7, 11) is -4.21. The Morgan fingerprint density at radius 1 is 1.12 bits per heavy atom. The highest BCUT2D eigenvalue weighted by atomic mass is 79.9. The molecule has 0 radical (unpaired) electrons. The van der Waals surface area contributed by atoms with Gasteiger partial charge in [0.15, 0.2) is 0 Å². The quantitative estimate of drug-likeness (QED) is 0.734. The van der Waals surface area contributed by atoms with Crippen LogP contribution < -0.4 is 4.72 Å². The molecule has 0 saturated heterocycles. The summed E-state index contributed by atoms with van der Waals surface area (Å²) in [6.07, 6.45) is -4.68. The van der Waals surface area contributed by atoms with Crippen LogP contribution in [0, 0.1) is 0 Å². The molecule has 1 amide bonds. The Balaban J connectivity index is 2.33. The Bertz CT molecular complexity index is 941. The van der Waals surface area contributed by atoms with Crippen LogP contribution in [0.3, 0.4) is 0 Å². The van der Waals surface area contributed by atoms with Crippen LogP contribution in [0.2, 0.25) is 0 Å². The molecular formula is C17H15BrF3NO3S. The molecule has 2 aromatic carbocycles. The van der Waals surface area contributed by atoms with E-state index in [1.807, 2.05) is 13.8 Å². The summed E-state index contributed by atoms with van der Waals surface area (Å²) in [5.74, 6) is -1.07. The smallest absolute Gasteiger partial charge is 0.268 e. The van der Waals surface area contributed by atoms with E-state index in [1.54, 1.807) is 10.8 Å². The van der Waals surface area contributed by atoms with Crippen LogP contribution in [0.25, 0.3) is 0 Å². The highest BCUT2D eigenvalue weighted by Crippen LogP contribution is 2.35. The lowest BCUT2D eigenvalue weighted by atomic mass is 10.0. The standard InChI is InChI=1S/C17H15BrF3NO3S/c1-10(2)11-4-3-5-13(8-11)26(24,25)22-16(23)12-6-7-15(18)14(9-12)17(19,20)21/h3-10H,1-2H3,(H,22,23). The summed E-state index contributed by atoms with van der Waals surface area (Å²) in [5.41, 5.74) is -0.725. The molecule has 9 heteroatoms. The van der Waals surface area contributed by atoms with E-state index >= 15 is 0 Å². The van der Waals surface area contributed by atoms with E-state index in [0.29, 0.717) is 6.07 Å². The van der Waals surface area contributed by atoms with Crippen molar-refractivity contribution in [3.8, 4) is 0 Å². The van der Waals surface area contributed by atoms with Gasteiger partial charge >= 0.3 is 6.18 Å². The highest BCUT2D eigenvalue weighted by molar-refractivity contribution is 9.10. The van der Waals surface area contributed by atoms with Crippen molar-refractivity contribution in [2.45, 2.75) is 30.8 Å². The Morgan fingerprint density at radius 2 is 1.77 bits per heavy atom. The predicted molar refractivity (Wildman–Crippen MR) is 94.3 cm³/mol. The van der Waals surface area contributed by atoms with Crippen LogP contribution in [0.15, 0.2) is 51.8 Å². The van der Waals surface area contributed by atoms with E-state index in [9.17, 15) is 26.4 Å². The van der Waals surface area contributed by atoms with Crippen molar-refractivity contribution in [2.75, 3.05) is 0 Å². The maximum Gasteiger partial charge on any atom is 0.417 e. The van der Waals surface area contributed by atoms with Gasteiger partial charge in [0.2, 0.25) is 0 Å². The zero-order valence-electron chi connectivity index (χ0n) is 13.8. The zero-order chi connectivity index (χ0) is 19.7. The van der Waals surface area contributed by atoms with Gasteiger partial charge < -0.3 is 0 Å². The van der Waals surface area contributed by atoms with Crippen LogP contribution in [-0.4, -0.2) is 14.3 Å². The number of hydrogen-bond donors (Lipinski definition) is 1. The summed E-state index contributed by atoms with van der Waals surface area (Å²) < 4.78 is 65.1. The number of nitrogens with one attached hydrogen (secondary N) is 1. The van der Waals surface area contributed by atoms with Gasteiger partial charge in [0.25, 0.3) is 15.9 Å². The van der Waals surface area contributed by atoms with Gasteiger partial charge in [-0.05, 0) is 41.8 Å². The van der Waals surface area contributed by atoms with Crippen molar-refractivity contribution in [2.24, 2.45) is 0 Å². The molecule has 0 aliphatic carbocycles. The van der Waals surface area contributed by atoms with E-state index in [0.717, 1.165) is 17.7 Å². The minimum absolute atomic E-state index is 0.0710. The number of hydrogen-bond acceptors (Lipinski definition) is 3.